The molecule has 0 aliphatic carbocycles. The maximum atomic E-state index is 12.2. The number of hydrogen-bond donors (Lipinski definition) is 2. The minimum atomic E-state index is -0.538. The highest BCUT2D eigenvalue weighted by atomic mass is 16.5. The first kappa shape index (κ1) is 21.3. The lowest BCUT2D eigenvalue weighted by molar-refractivity contribution is -0.119. The molecule has 2 radical (unpaired) electrons. The zero-order chi connectivity index (χ0) is 23.3. The van der Waals surface area contributed by atoms with Gasteiger partial charge in [-0.1, -0.05) is 29.7 Å². The molecule has 3 N–H and O–H groups in total. The normalized spacial score (nSPS) is 22.0. The predicted octanol–water partition coefficient (Wildman–Crippen LogP) is 1.98. The van der Waals surface area contributed by atoms with E-state index in [-0.39, 0.29) is 30.0 Å². The maximum absolute atomic E-state index is 12.2. The standard InChI is InChI=1S/C25H25BN4O3/c1-13(2)33-20-11-18-15(9-19(20)24(27)32)7-8-28-25(18)30-12-16-10-21(31)29-22(16)23(30)14-3-5-17(26)6-4-14/h3-9,11,13,16,22-23H,10,12H2,1-2H3,(H2,27,32)(H,29,31). The number of rotatable bonds is 5. The van der Waals surface area contributed by atoms with Crippen molar-refractivity contribution in [2.24, 2.45) is 11.7 Å². The molecule has 3 heterocycles. The van der Waals surface area contributed by atoms with E-state index in [0.717, 1.165) is 22.2 Å². The van der Waals surface area contributed by atoms with Crippen molar-refractivity contribution >= 4 is 41.7 Å². The van der Waals surface area contributed by atoms with Gasteiger partial charge in [-0.25, -0.2) is 4.98 Å². The topological polar surface area (TPSA) is 97.5 Å². The summed E-state index contributed by atoms with van der Waals surface area (Å²) in [4.78, 5) is 31.2. The van der Waals surface area contributed by atoms with Crippen LogP contribution in [0, 0.1) is 5.92 Å². The number of ether oxygens (including phenoxy) is 1. The number of benzene rings is 2. The molecule has 2 aliphatic rings. The van der Waals surface area contributed by atoms with Gasteiger partial charge < -0.3 is 20.7 Å². The van der Waals surface area contributed by atoms with Crippen LogP contribution in [0.25, 0.3) is 10.8 Å². The first-order valence-electron chi connectivity index (χ1n) is 11.1. The van der Waals surface area contributed by atoms with Crippen molar-refractivity contribution in [2.45, 2.75) is 38.5 Å². The van der Waals surface area contributed by atoms with Gasteiger partial charge in [-0.2, -0.15) is 0 Å². The fourth-order valence-electron chi connectivity index (χ4n) is 5.06. The zero-order valence-electron chi connectivity index (χ0n) is 18.6. The average molecular weight is 440 g/mol. The Morgan fingerprint density at radius 1 is 1.24 bits per heavy atom. The molecule has 0 spiro atoms. The lowest BCUT2D eigenvalue weighted by atomic mass is 9.90. The van der Waals surface area contributed by atoms with Gasteiger partial charge in [0.1, 0.15) is 19.4 Å². The molecule has 2 amide bonds. The number of aromatic nitrogens is 1. The Kier molecular flexibility index (Phi) is 5.23. The number of carbonyl (C=O) groups excluding carboxylic acids is 2. The van der Waals surface area contributed by atoms with Crippen LogP contribution in [0.15, 0.2) is 48.7 Å². The van der Waals surface area contributed by atoms with Crippen molar-refractivity contribution in [1.29, 1.82) is 0 Å². The highest BCUT2D eigenvalue weighted by Gasteiger charge is 2.48. The molecule has 3 aromatic rings. The third-order valence-corrected chi connectivity index (χ3v) is 6.41. The van der Waals surface area contributed by atoms with E-state index >= 15 is 0 Å². The van der Waals surface area contributed by atoms with Gasteiger partial charge in [0.15, 0.2) is 0 Å². The van der Waals surface area contributed by atoms with E-state index in [4.69, 9.17) is 23.3 Å². The highest BCUT2D eigenvalue weighted by molar-refractivity contribution is 6.32. The van der Waals surface area contributed by atoms with Crippen LogP contribution in [-0.4, -0.2) is 43.3 Å². The molecule has 3 unspecified atom stereocenters. The summed E-state index contributed by atoms with van der Waals surface area (Å²) >= 11 is 0. The summed E-state index contributed by atoms with van der Waals surface area (Å²) < 4.78 is 5.93. The van der Waals surface area contributed by atoms with Crippen molar-refractivity contribution in [3.8, 4) is 5.75 Å². The average Bonchev–Trinajstić information content (AvgIpc) is 3.29. The molecular formula is C25H25BN4O3. The van der Waals surface area contributed by atoms with Crippen LogP contribution in [-0.2, 0) is 4.79 Å². The Labute approximate surface area is 193 Å². The Balaban J connectivity index is 1.65. The van der Waals surface area contributed by atoms with Gasteiger partial charge in [0, 0.05) is 30.5 Å². The van der Waals surface area contributed by atoms with Gasteiger partial charge in [-0.3, -0.25) is 9.59 Å². The Morgan fingerprint density at radius 3 is 2.70 bits per heavy atom. The number of pyridine rings is 1. The van der Waals surface area contributed by atoms with E-state index in [1.54, 1.807) is 12.3 Å². The summed E-state index contributed by atoms with van der Waals surface area (Å²) in [6.07, 6.45) is 2.10. The lowest BCUT2D eigenvalue weighted by Crippen LogP contribution is -2.36. The summed E-state index contributed by atoms with van der Waals surface area (Å²) in [6.45, 7) is 4.49. The second-order valence-electron chi connectivity index (χ2n) is 9.06. The fourth-order valence-corrected chi connectivity index (χ4v) is 5.06. The second-order valence-corrected chi connectivity index (χ2v) is 9.06. The fraction of sp³-hybridized carbons (Fsp3) is 0.320. The van der Waals surface area contributed by atoms with Crippen molar-refractivity contribution < 1.29 is 14.3 Å². The number of primary amides is 1. The van der Waals surface area contributed by atoms with Gasteiger partial charge in [0.2, 0.25) is 5.91 Å². The molecule has 0 saturated carbocycles. The molecule has 33 heavy (non-hydrogen) atoms. The Bertz CT molecular complexity index is 1240. The molecule has 2 aromatic carbocycles. The minimum Gasteiger partial charge on any atom is -0.490 e. The summed E-state index contributed by atoms with van der Waals surface area (Å²) in [6, 6.07) is 13.1. The van der Waals surface area contributed by atoms with Crippen molar-refractivity contribution in [2.75, 3.05) is 11.4 Å². The number of carbonyl (C=O) groups is 2. The van der Waals surface area contributed by atoms with Crippen LogP contribution in [0.5, 0.6) is 5.75 Å². The highest BCUT2D eigenvalue weighted by Crippen LogP contribution is 2.44. The quantitative estimate of drug-likeness (QED) is 0.592. The summed E-state index contributed by atoms with van der Waals surface area (Å²) in [5.41, 5.74) is 7.72. The van der Waals surface area contributed by atoms with E-state index < -0.39 is 5.91 Å². The number of nitrogens with one attached hydrogen (secondary N) is 1. The van der Waals surface area contributed by atoms with Crippen molar-refractivity contribution in [1.82, 2.24) is 10.3 Å². The van der Waals surface area contributed by atoms with E-state index in [1.165, 1.54) is 0 Å². The molecule has 166 valence electrons. The predicted molar refractivity (Wildman–Crippen MR) is 128 cm³/mol. The summed E-state index contributed by atoms with van der Waals surface area (Å²) in [5, 5.41) is 4.88. The van der Waals surface area contributed by atoms with Crippen LogP contribution < -0.4 is 26.2 Å². The Morgan fingerprint density at radius 2 is 2.00 bits per heavy atom. The van der Waals surface area contributed by atoms with E-state index in [0.29, 0.717) is 29.7 Å². The zero-order valence-corrected chi connectivity index (χ0v) is 18.6. The third-order valence-electron chi connectivity index (χ3n) is 6.41. The van der Waals surface area contributed by atoms with Crippen LogP contribution in [0.4, 0.5) is 5.82 Å². The first-order chi connectivity index (χ1) is 15.8. The molecule has 3 atom stereocenters. The number of nitrogens with two attached hydrogens (primary N) is 1. The van der Waals surface area contributed by atoms with Gasteiger partial charge >= 0.3 is 0 Å². The van der Waals surface area contributed by atoms with Crippen LogP contribution in [0.1, 0.15) is 42.2 Å². The van der Waals surface area contributed by atoms with Crippen molar-refractivity contribution in [3.05, 3.63) is 59.8 Å². The van der Waals surface area contributed by atoms with E-state index in [9.17, 15) is 9.59 Å². The van der Waals surface area contributed by atoms with Crippen molar-refractivity contribution in [3.63, 3.8) is 0 Å². The molecular weight excluding hydrogens is 415 g/mol. The van der Waals surface area contributed by atoms with Crippen LogP contribution in [0.3, 0.4) is 0 Å². The monoisotopic (exact) mass is 440 g/mol. The SMILES string of the molecule is [B]c1ccc(C2C3NC(=O)CC3CN2c2nccc3cc(C(N)=O)c(OC(C)C)cc23)cc1. The maximum Gasteiger partial charge on any atom is 0.252 e. The molecule has 5 rings (SSSR count). The number of anilines is 1. The molecule has 0 bridgehead atoms. The number of fused-ring (bicyclic) bond motifs is 2. The lowest BCUT2D eigenvalue weighted by Gasteiger charge is -2.30. The van der Waals surface area contributed by atoms with Crippen LogP contribution in [0.2, 0.25) is 0 Å². The molecule has 1 aromatic heterocycles. The minimum absolute atomic E-state index is 0.0190. The van der Waals surface area contributed by atoms with Gasteiger partial charge in [0.05, 0.1) is 23.8 Å². The molecule has 2 fully saturated rings. The van der Waals surface area contributed by atoms with Gasteiger partial charge in [0.25, 0.3) is 5.91 Å². The van der Waals surface area contributed by atoms with Gasteiger partial charge in [-0.05, 0) is 43.0 Å². The molecule has 2 aliphatic heterocycles. The molecule has 8 heteroatoms. The first-order valence-corrected chi connectivity index (χ1v) is 11.1. The van der Waals surface area contributed by atoms with E-state index in [2.05, 4.69) is 10.2 Å². The largest absolute Gasteiger partial charge is 0.490 e. The number of nitrogens with zero attached hydrogens (tertiary/aromatic N) is 2. The Hall–Kier alpha value is -3.55. The summed E-state index contributed by atoms with van der Waals surface area (Å²) in [5.74, 6) is 0.936. The smallest absolute Gasteiger partial charge is 0.252 e. The number of amides is 2. The van der Waals surface area contributed by atoms with Crippen LogP contribution >= 0.6 is 0 Å². The second kappa shape index (κ2) is 8.10. The van der Waals surface area contributed by atoms with E-state index in [1.807, 2.05) is 50.2 Å². The number of hydrogen-bond acceptors (Lipinski definition) is 5. The van der Waals surface area contributed by atoms with Gasteiger partial charge in [-0.15, -0.1) is 0 Å². The summed E-state index contributed by atoms with van der Waals surface area (Å²) in [7, 11) is 5.92. The molecule has 2 saturated heterocycles. The third kappa shape index (κ3) is 3.79. The molecule has 7 nitrogen and oxygen atoms in total.